The Morgan fingerprint density at radius 1 is 1.06 bits per heavy atom. The van der Waals surface area contributed by atoms with E-state index in [1.54, 1.807) is 0 Å². The second kappa shape index (κ2) is 8.26. The maximum absolute atomic E-state index is 14.1. The molecule has 0 aromatic heterocycles. The minimum absolute atomic E-state index is 0.0107. The van der Waals surface area contributed by atoms with Gasteiger partial charge in [0.05, 0.1) is 12.0 Å². The Bertz CT molecular complexity index is 944. The van der Waals surface area contributed by atoms with Crippen molar-refractivity contribution in [2.75, 3.05) is 6.54 Å². The molecule has 3 aliphatic heterocycles. The summed E-state index contributed by atoms with van der Waals surface area (Å²) in [7, 11) is 0. The van der Waals surface area contributed by atoms with Crippen LogP contribution >= 0.6 is 0 Å². The minimum Gasteiger partial charge on any atom is -0.359 e. The Morgan fingerprint density at radius 2 is 1.76 bits per heavy atom. The molecule has 1 aromatic rings. The first-order valence-corrected chi connectivity index (χ1v) is 13.1. The van der Waals surface area contributed by atoms with Gasteiger partial charge in [-0.05, 0) is 44.1 Å². The van der Waals surface area contributed by atoms with Gasteiger partial charge >= 0.3 is 0 Å². The molecule has 1 aromatic carbocycles. The highest BCUT2D eigenvalue weighted by Crippen LogP contribution is 2.58. The van der Waals surface area contributed by atoms with E-state index in [0.717, 1.165) is 31.2 Å². The summed E-state index contributed by atoms with van der Waals surface area (Å²) in [4.78, 5) is 29.8. The smallest absolute Gasteiger partial charge is 0.246 e. The summed E-state index contributed by atoms with van der Waals surface area (Å²) < 4.78 is 6.63. The van der Waals surface area contributed by atoms with Crippen LogP contribution in [0.3, 0.4) is 0 Å². The van der Waals surface area contributed by atoms with Gasteiger partial charge in [0.1, 0.15) is 11.6 Å². The second-order valence-corrected chi connectivity index (χ2v) is 11.1. The molecule has 33 heavy (non-hydrogen) atoms. The van der Waals surface area contributed by atoms with Gasteiger partial charge in [0.25, 0.3) is 0 Å². The quantitative estimate of drug-likeness (QED) is 0.685. The predicted octanol–water partition coefficient (Wildman–Crippen LogP) is 4.25. The Balaban J connectivity index is 1.35. The molecule has 5 aliphatic rings. The van der Waals surface area contributed by atoms with Crippen molar-refractivity contribution >= 4 is 11.8 Å². The standard InChI is InChI=1S/C28H36N2O3/c1-18-11-13-20(14-12-18)23-22-15-16-28(33-22)24(23)27(32)30(17-19-7-3-2-4-8-19)25(28)26(31)29-21-9-5-6-10-21/h11-16,19,21-25H,2-10,17H2,1H3,(H,29,31)/t22-,23-,24-,25+,28-/m1/s1. The number of benzene rings is 1. The first-order chi connectivity index (χ1) is 16.1. The molecule has 3 heterocycles. The van der Waals surface area contributed by atoms with E-state index in [2.05, 4.69) is 48.7 Å². The summed E-state index contributed by atoms with van der Waals surface area (Å²) in [5.41, 5.74) is 1.51. The van der Waals surface area contributed by atoms with E-state index in [1.807, 2.05) is 4.90 Å². The Kier molecular flexibility index (Phi) is 5.36. The van der Waals surface area contributed by atoms with Crippen molar-refractivity contribution in [3.63, 3.8) is 0 Å². The van der Waals surface area contributed by atoms with Crippen molar-refractivity contribution in [1.29, 1.82) is 0 Å². The lowest BCUT2D eigenvalue weighted by atomic mass is 9.72. The normalized spacial score (nSPS) is 36.0. The van der Waals surface area contributed by atoms with Gasteiger partial charge < -0.3 is 15.0 Å². The molecular formula is C28H36N2O3. The number of rotatable bonds is 5. The number of carbonyl (C=O) groups is 2. The zero-order chi connectivity index (χ0) is 22.6. The summed E-state index contributed by atoms with van der Waals surface area (Å²) in [6, 6.07) is 8.17. The predicted molar refractivity (Wildman–Crippen MR) is 127 cm³/mol. The Hall–Kier alpha value is -2.14. The number of hydrogen-bond donors (Lipinski definition) is 1. The molecule has 0 unspecified atom stereocenters. The topological polar surface area (TPSA) is 58.6 Å². The summed E-state index contributed by atoms with van der Waals surface area (Å²) in [5, 5.41) is 3.31. The molecule has 4 fully saturated rings. The van der Waals surface area contributed by atoms with Crippen molar-refractivity contribution in [2.24, 2.45) is 11.8 Å². The molecule has 5 heteroatoms. The average Bonchev–Trinajstić information content (AvgIpc) is 3.58. The van der Waals surface area contributed by atoms with Gasteiger partial charge in [-0.3, -0.25) is 9.59 Å². The van der Waals surface area contributed by atoms with Gasteiger partial charge in [0.15, 0.2) is 0 Å². The van der Waals surface area contributed by atoms with Crippen molar-refractivity contribution in [3.8, 4) is 0 Å². The lowest BCUT2D eigenvalue weighted by Gasteiger charge is -2.35. The number of fused-ring (bicyclic) bond motifs is 1. The largest absolute Gasteiger partial charge is 0.359 e. The highest BCUT2D eigenvalue weighted by Gasteiger charge is 2.71. The van der Waals surface area contributed by atoms with Gasteiger partial charge in [-0.1, -0.05) is 74.1 Å². The first-order valence-electron chi connectivity index (χ1n) is 13.1. The van der Waals surface area contributed by atoms with Gasteiger partial charge in [0.2, 0.25) is 11.8 Å². The fraction of sp³-hybridized carbons (Fsp3) is 0.643. The fourth-order valence-corrected chi connectivity index (χ4v) is 7.33. The van der Waals surface area contributed by atoms with Gasteiger partial charge in [-0.15, -0.1) is 0 Å². The number of nitrogens with one attached hydrogen (secondary N) is 1. The van der Waals surface area contributed by atoms with Crippen LogP contribution < -0.4 is 5.32 Å². The number of hydrogen-bond acceptors (Lipinski definition) is 3. The third-order valence-electron chi connectivity index (χ3n) is 8.97. The summed E-state index contributed by atoms with van der Waals surface area (Å²) >= 11 is 0. The number of amides is 2. The molecule has 2 saturated carbocycles. The van der Waals surface area contributed by atoms with Gasteiger partial charge in [0, 0.05) is 18.5 Å². The van der Waals surface area contributed by atoms with Crippen molar-refractivity contribution in [3.05, 3.63) is 47.5 Å². The summed E-state index contributed by atoms with van der Waals surface area (Å²) in [6.07, 6.45) is 14.5. The molecule has 2 bridgehead atoms. The molecule has 2 amide bonds. The number of nitrogens with zero attached hydrogens (tertiary/aromatic N) is 1. The lowest BCUT2D eigenvalue weighted by Crippen LogP contribution is -2.56. The third-order valence-corrected chi connectivity index (χ3v) is 8.97. The lowest BCUT2D eigenvalue weighted by molar-refractivity contribution is -0.140. The Labute approximate surface area is 196 Å². The molecule has 0 radical (unpaired) electrons. The van der Waals surface area contributed by atoms with Gasteiger partial charge in [-0.25, -0.2) is 0 Å². The molecular weight excluding hydrogens is 412 g/mol. The van der Waals surface area contributed by atoms with E-state index in [4.69, 9.17) is 4.74 Å². The average molecular weight is 449 g/mol. The first kappa shape index (κ1) is 21.4. The monoisotopic (exact) mass is 448 g/mol. The van der Waals surface area contributed by atoms with Crippen LogP contribution in [0.15, 0.2) is 36.4 Å². The van der Waals surface area contributed by atoms with E-state index in [-0.39, 0.29) is 35.8 Å². The van der Waals surface area contributed by atoms with E-state index >= 15 is 0 Å². The minimum atomic E-state index is -0.839. The van der Waals surface area contributed by atoms with Crippen LogP contribution in [0.5, 0.6) is 0 Å². The van der Waals surface area contributed by atoms with Crippen LogP contribution in [0.4, 0.5) is 0 Å². The van der Waals surface area contributed by atoms with Crippen LogP contribution in [0.2, 0.25) is 0 Å². The second-order valence-electron chi connectivity index (χ2n) is 11.1. The number of carbonyl (C=O) groups excluding carboxylic acids is 2. The Morgan fingerprint density at radius 3 is 2.48 bits per heavy atom. The summed E-state index contributed by atoms with van der Waals surface area (Å²) in [5.74, 6) is 0.242. The van der Waals surface area contributed by atoms with Crippen molar-refractivity contribution in [2.45, 2.75) is 94.4 Å². The molecule has 1 N–H and O–H groups in total. The number of likely N-dealkylation sites (tertiary alicyclic amines) is 1. The van der Waals surface area contributed by atoms with E-state index in [9.17, 15) is 9.59 Å². The molecule has 2 saturated heterocycles. The van der Waals surface area contributed by atoms with Crippen LogP contribution in [0, 0.1) is 18.8 Å². The van der Waals surface area contributed by atoms with Crippen LogP contribution in [0.25, 0.3) is 0 Å². The van der Waals surface area contributed by atoms with E-state index < -0.39 is 11.6 Å². The maximum atomic E-state index is 14.1. The molecule has 1 spiro atoms. The summed E-state index contributed by atoms with van der Waals surface area (Å²) in [6.45, 7) is 2.76. The highest BCUT2D eigenvalue weighted by atomic mass is 16.5. The zero-order valence-corrected chi connectivity index (χ0v) is 19.7. The SMILES string of the molecule is Cc1ccc([C@@H]2[C@H]3C=C[C@]4(O3)[C@H](C(=O)NC3CCCC3)N(CC3CCCCC3)C(=O)[C@@H]24)cc1. The van der Waals surface area contributed by atoms with Crippen LogP contribution in [-0.4, -0.2) is 47.0 Å². The fourth-order valence-electron chi connectivity index (χ4n) is 7.33. The van der Waals surface area contributed by atoms with Gasteiger partial charge in [-0.2, -0.15) is 0 Å². The molecule has 5 nitrogen and oxygen atoms in total. The van der Waals surface area contributed by atoms with Crippen molar-refractivity contribution < 1.29 is 14.3 Å². The third kappa shape index (κ3) is 3.46. The zero-order valence-electron chi connectivity index (χ0n) is 19.7. The van der Waals surface area contributed by atoms with Crippen LogP contribution in [0.1, 0.15) is 74.8 Å². The maximum Gasteiger partial charge on any atom is 0.246 e. The molecule has 5 atom stereocenters. The number of ether oxygens (including phenoxy) is 1. The van der Waals surface area contributed by atoms with E-state index in [0.29, 0.717) is 12.5 Å². The van der Waals surface area contributed by atoms with Crippen LogP contribution in [-0.2, 0) is 14.3 Å². The molecule has 6 rings (SSSR count). The highest BCUT2D eigenvalue weighted by molar-refractivity contribution is 5.97. The number of aryl methyl sites for hydroxylation is 1. The molecule has 2 aliphatic carbocycles. The molecule has 176 valence electrons. The van der Waals surface area contributed by atoms with E-state index in [1.165, 1.54) is 37.7 Å². The van der Waals surface area contributed by atoms with Crippen molar-refractivity contribution in [1.82, 2.24) is 10.2 Å².